The molecular formula is C13H21N5O3. The quantitative estimate of drug-likeness (QED) is 0.776. The van der Waals surface area contributed by atoms with E-state index in [2.05, 4.69) is 29.7 Å². The molecule has 0 radical (unpaired) electrons. The lowest BCUT2D eigenvalue weighted by molar-refractivity contribution is -0.137. The van der Waals surface area contributed by atoms with Gasteiger partial charge in [-0.3, -0.25) is 14.9 Å². The van der Waals surface area contributed by atoms with Crippen LogP contribution in [0.1, 0.15) is 33.1 Å². The van der Waals surface area contributed by atoms with Crippen molar-refractivity contribution in [2.45, 2.75) is 51.7 Å². The fourth-order valence-corrected chi connectivity index (χ4v) is 2.57. The molecule has 1 fully saturated rings. The summed E-state index contributed by atoms with van der Waals surface area (Å²) >= 11 is 0. The zero-order chi connectivity index (χ0) is 15.4. The Balaban J connectivity index is 1.89. The zero-order valence-electron chi connectivity index (χ0n) is 12.2. The third kappa shape index (κ3) is 4.19. The predicted octanol–water partition coefficient (Wildman–Crippen LogP) is 1.27. The van der Waals surface area contributed by atoms with Crippen LogP contribution in [0, 0.1) is 0 Å². The average molecular weight is 295 g/mol. The molecule has 1 aromatic rings. The number of hydrogen-bond acceptors (Lipinski definition) is 4. The molecule has 3 N–H and O–H groups in total. The Morgan fingerprint density at radius 2 is 2.05 bits per heavy atom. The summed E-state index contributed by atoms with van der Waals surface area (Å²) in [6.07, 6.45) is 6.19. The Morgan fingerprint density at radius 1 is 1.38 bits per heavy atom. The number of aromatic nitrogens is 2. The van der Waals surface area contributed by atoms with E-state index < -0.39 is 5.97 Å². The van der Waals surface area contributed by atoms with E-state index in [0.29, 0.717) is 17.8 Å². The zero-order valence-corrected chi connectivity index (χ0v) is 12.2. The minimum atomic E-state index is -0.981. The summed E-state index contributed by atoms with van der Waals surface area (Å²) in [7, 11) is 0. The number of carbonyl (C=O) groups is 2. The standard InChI is InChI=1S/C13H21N5O3/c1-9-4-3-5-10(2)18(9)16-13(21)15-11-6-14-17(7-11)8-12(19)20/h6-7,9-10H,3-5,8H2,1-2H3,(H,19,20)(H2,15,16,21). The van der Waals surface area contributed by atoms with Gasteiger partial charge in [0.05, 0.1) is 11.9 Å². The van der Waals surface area contributed by atoms with Crippen LogP contribution in [0.3, 0.4) is 0 Å². The molecule has 1 aromatic heterocycles. The van der Waals surface area contributed by atoms with E-state index in [1.807, 2.05) is 5.01 Å². The number of carboxylic acid groups (broad SMARTS) is 1. The van der Waals surface area contributed by atoms with Gasteiger partial charge in [0.25, 0.3) is 0 Å². The number of aliphatic carboxylic acids is 1. The van der Waals surface area contributed by atoms with Crippen LogP contribution in [0.5, 0.6) is 0 Å². The normalized spacial score (nSPS) is 22.8. The summed E-state index contributed by atoms with van der Waals surface area (Å²) in [5, 5.41) is 17.1. The number of piperidine rings is 1. The lowest BCUT2D eigenvalue weighted by Crippen LogP contribution is -2.55. The Morgan fingerprint density at radius 3 is 2.67 bits per heavy atom. The molecule has 8 nitrogen and oxygen atoms in total. The van der Waals surface area contributed by atoms with Crippen LogP contribution in [0.15, 0.2) is 12.4 Å². The number of nitrogens with zero attached hydrogens (tertiary/aromatic N) is 3. The van der Waals surface area contributed by atoms with Crippen LogP contribution >= 0.6 is 0 Å². The molecule has 8 heteroatoms. The molecule has 1 saturated heterocycles. The first kappa shape index (κ1) is 15.3. The fourth-order valence-electron chi connectivity index (χ4n) is 2.57. The van der Waals surface area contributed by atoms with Crippen LogP contribution in [0.25, 0.3) is 0 Å². The summed E-state index contributed by atoms with van der Waals surface area (Å²) in [4.78, 5) is 22.6. The van der Waals surface area contributed by atoms with Gasteiger partial charge in [0.15, 0.2) is 0 Å². The third-order valence-corrected chi connectivity index (χ3v) is 3.61. The van der Waals surface area contributed by atoms with Gasteiger partial charge in [-0.2, -0.15) is 5.10 Å². The molecule has 1 aliphatic heterocycles. The Hall–Kier alpha value is -2.09. The molecule has 0 aromatic carbocycles. The Bertz CT molecular complexity index is 506. The van der Waals surface area contributed by atoms with E-state index in [1.165, 1.54) is 23.5 Å². The van der Waals surface area contributed by atoms with E-state index in [0.717, 1.165) is 12.8 Å². The van der Waals surface area contributed by atoms with Crippen molar-refractivity contribution in [2.75, 3.05) is 5.32 Å². The second-order valence-corrected chi connectivity index (χ2v) is 5.42. The number of amides is 2. The van der Waals surface area contributed by atoms with Crippen molar-refractivity contribution in [2.24, 2.45) is 0 Å². The molecule has 0 spiro atoms. The maximum atomic E-state index is 12.0. The molecule has 2 rings (SSSR count). The molecule has 2 amide bonds. The minimum absolute atomic E-state index is 0.233. The smallest absolute Gasteiger partial charge is 0.333 e. The van der Waals surface area contributed by atoms with Crippen molar-refractivity contribution in [1.29, 1.82) is 0 Å². The molecular weight excluding hydrogens is 274 g/mol. The molecule has 2 unspecified atom stereocenters. The van der Waals surface area contributed by atoms with Gasteiger partial charge in [-0.25, -0.2) is 9.80 Å². The van der Waals surface area contributed by atoms with Gasteiger partial charge < -0.3 is 10.4 Å². The highest BCUT2D eigenvalue weighted by molar-refractivity contribution is 5.88. The minimum Gasteiger partial charge on any atom is -0.480 e. The van der Waals surface area contributed by atoms with Gasteiger partial charge in [0.1, 0.15) is 6.54 Å². The van der Waals surface area contributed by atoms with Gasteiger partial charge in [0, 0.05) is 18.3 Å². The topological polar surface area (TPSA) is 99.5 Å². The van der Waals surface area contributed by atoms with E-state index in [4.69, 9.17) is 5.11 Å². The molecule has 116 valence electrons. The highest BCUT2D eigenvalue weighted by atomic mass is 16.4. The maximum absolute atomic E-state index is 12.0. The van der Waals surface area contributed by atoms with E-state index in [9.17, 15) is 9.59 Å². The molecule has 2 heterocycles. The Kier molecular flexibility index (Phi) is 4.79. The monoisotopic (exact) mass is 295 g/mol. The summed E-state index contributed by atoms with van der Waals surface area (Å²) < 4.78 is 1.25. The molecule has 1 aliphatic rings. The van der Waals surface area contributed by atoms with Crippen molar-refractivity contribution in [3.8, 4) is 0 Å². The fraction of sp³-hybridized carbons (Fsp3) is 0.615. The lowest BCUT2D eigenvalue weighted by atomic mass is 10.00. The predicted molar refractivity (Wildman–Crippen MR) is 76.6 cm³/mol. The number of rotatable bonds is 4. The number of carbonyl (C=O) groups excluding carboxylic acids is 1. The number of anilines is 1. The largest absolute Gasteiger partial charge is 0.480 e. The molecule has 2 atom stereocenters. The van der Waals surface area contributed by atoms with Crippen molar-refractivity contribution < 1.29 is 14.7 Å². The van der Waals surface area contributed by atoms with Crippen LogP contribution < -0.4 is 10.7 Å². The number of hydrogen-bond donors (Lipinski definition) is 3. The number of carboxylic acids is 1. The molecule has 0 bridgehead atoms. The van der Waals surface area contributed by atoms with Gasteiger partial charge >= 0.3 is 12.0 Å². The van der Waals surface area contributed by atoms with Gasteiger partial charge in [-0.1, -0.05) is 6.42 Å². The first-order valence-electron chi connectivity index (χ1n) is 7.06. The first-order chi connectivity index (χ1) is 9.95. The maximum Gasteiger partial charge on any atom is 0.333 e. The van der Waals surface area contributed by atoms with Crippen molar-refractivity contribution in [1.82, 2.24) is 20.2 Å². The van der Waals surface area contributed by atoms with Gasteiger partial charge in [-0.05, 0) is 26.7 Å². The highest BCUT2D eigenvalue weighted by Gasteiger charge is 2.26. The van der Waals surface area contributed by atoms with E-state index >= 15 is 0 Å². The molecule has 21 heavy (non-hydrogen) atoms. The number of urea groups is 1. The van der Waals surface area contributed by atoms with Gasteiger partial charge in [0.2, 0.25) is 0 Å². The summed E-state index contributed by atoms with van der Waals surface area (Å²) in [5.74, 6) is -0.981. The van der Waals surface area contributed by atoms with Crippen LogP contribution in [0.2, 0.25) is 0 Å². The highest BCUT2D eigenvalue weighted by Crippen LogP contribution is 2.20. The third-order valence-electron chi connectivity index (χ3n) is 3.61. The van der Waals surface area contributed by atoms with E-state index in [1.54, 1.807) is 0 Å². The lowest BCUT2D eigenvalue weighted by Gasteiger charge is -2.38. The van der Waals surface area contributed by atoms with Crippen molar-refractivity contribution in [3.05, 3.63) is 12.4 Å². The second-order valence-electron chi connectivity index (χ2n) is 5.42. The van der Waals surface area contributed by atoms with Crippen LogP contribution in [-0.4, -0.2) is 44.0 Å². The van der Waals surface area contributed by atoms with Crippen LogP contribution in [0.4, 0.5) is 10.5 Å². The molecule has 0 aliphatic carbocycles. The Labute approximate surface area is 123 Å². The second kappa shape index (κ2) is 6.57. The first-order valence-corrected chi connectivity index (χ1v) is 7.06. The average Bonchev–Trinajstić information content (AvgIpc) is 2.80. The van der Waals surface area contributed by atoms with Gasteiger partial charge in [-0.15, -0.1) is 0 Å². The van der Waals surface area contributed by atoms with Crippen molar-refractivity contribution in [3.63, 3.8) is 0 Å². The summed E-state index contributed by atoms with van der Waals surface area (Å²) in [5.41, 5.74) is 3.31. The van der Waals surface area contributed by atoms with Crippen LogP contribution in [-0.2, 0) is 11.3 Å². The summed E-state index contributed by atoms with van der Waals surface area (Å²) in [6.45, 7) is 3.94. The molecule has 0 saturated carbocycles. The summed E-state index contributed by atoms with van der Waals surface area (Å²) in [6, 6.07) is 0.258. The number of nitrogens with one attached hydrogen (secondary N) is 2. The van der Waals surface area contributed by atoms with E-state index in [-0.39, 0.29) is 12.6 Å². The SMILES string of the molecule is CC1CCCC(C)N1NC(=O)Nc1cnn(CC(=O)O)c1. The number of hydrazine groups is 1. The van der Waals surface area contributed by atoms with Crippen molar-refractivity contribution >= 4 is 17.7 Å².